The molecule has 2 saturated heterocycles. The van der Waals surface area contributed by atoms with Crippen molar-refractivity contribution in [3.05, 3.63) is 60.4 Å². The maximum absolute atomic E-state index is 11.2. The van der Waals surface area contributed by atoms with E-state index in [-0.39, 0.29) is 0 Å². The molecule has 0 amide bonds. The molecular formula is C26H33N5O2. The summed E-state index contributed by atoms with van der Waals surface area (Å²) in [6, 6.07) is 14.2. The van der Waals surface area contributed by atoms with Gasteiger partial charge < -0.3 is 25.3 Å². The van der Waals surface area contributed by atoms with Gasteiger partial charge in [0.15, 0.2) is 0 Å². The number of hydrogen-bond donors (Lipinski definition) is 3. The van der Waals surface area contributed by atoms with E-state index in [2.05, 4.69) is 56.3 Å². The van der Waals surface area contributed by atoms with Gasteiger partial charge in [-0.3, -0.25) is 9.97 Å². The highest BCUT2D eigenvalue weighted by atomic mass is 16.3. The second-order valence-corrected chi connectivity index (χ2v) is 9.70. The normalized spacial score (nSPS) is 22.8. The van der Waals surface area contributed by atoms with Gasteiger partial charge in [-0.15, -0.1) is 0 Å². The third-order valence-corrected chi connectivity index (χ3v) is 7.21. The van der Waals surface area contributed by atoms with E-state index in [4.69, 9.17) is 0 Å². The number of nitrogens with one attached hydrogen (secondary N) is 1. The number of pyridine rings is 2. The molecule has 7 nitrogen and oxygen atoms in total. The first-order valence-electron chi connectivity index (χ1n) is 11.9. The minimum absolute atomic E-state index is 0.462. The number of nitrogens with zero attached hydrogens (tertiary/aromatic N) is 4. The van der Waals surface area contributed by atoms with E-state index in [0.29, 0.717) is 38.9 Å². The Labute approximate surface area is 195 Å². The quantitative estimate of drug-likeness (QED) is 0.535. The van der Waals surface area contributed by atoms with Gasteiger partial charge >= 0.3 is 0 Å². The van der Waals surface area contributed by atoms with Gasteiger partial charge in [0, 0.05) is 57.3 Å². The minimum atomic E-state index is -0.831. The van der Waals surface area contributed by atoms with E-state index in [0.717, 1.165) is 36.4 Å². The lowest BCUT2D eigenvalue weighted by Gasteiger charge is -2.40. The molecule has 3 N–H and O–H groups in total. The number of β-amino-alcohol motifs (C(OH)–C–C–N with tert-alkyl or cyclic N) is 1. The molecule has 4 heterocycles. The number of fused-ring (bicyclic) bond motifs is 1. The first kappa shape index (κ1) is 22.1. The second-order valence-electron chi connectivity index (χ2n) is 9.70. The highest BCUT2D eigenvalue weighted by molar-refractivity contribution is 5.87. The van der Waals surface area contributed by atoms with Crippen molar-refractivity contribution in [2.24, 2.45) is 0 Å². The van der Waals surface area contributed by atoms with Crippen LogP contribution in [0.15, 0.2) is 54.9 Å². The van der Waals surface area contributed by atoms with E-state index in [1.165, 1.54) is 11.3 Å². The Morgan fingerprint density at radius 2 is 1.55 bits per heavy atom. The van der Waals surface area contributed by atoms with Crippen LogP contribution in [0.2, 0.25) is 0 Å². The highest BCUT2D eigenvalue weighted by Crippen LogP contribution is 2.31. The van der Waals surface area contributed by atoms with Crippen LogP contribution < -0.4 is 15.1 Å². The fourth-order valence-electron chi connectivity index (χ4n) is 5.21. The first-order valence-corrected chi connectivity index (χ1v) is 11.9. The topological polar surface area (TPSA) is 84.8 Å². The van der Waals surface area contributed by atoms with Crippen molar-refractivity contribution in [3.8, 4) is 0 Å². The molecule has 2 fully saturated rings. The molecule has 1 atom stereocenters. The van der Waals surface area contributed by atoms with Crippen LogP contribution in [0.3, 0.4) is 0 Å². The van der Waals surface area contributed by atoms with Crippen LogP contribution in [0.1, 0.15) is 24.8 Å². The molecule has 2 aliphatic heterocycles. The Morgan fingerprint density at radius 3 is 2.36 bits per heavy atom. The maximum Gasteiger partial charge on any atom is 0.112 e. The summed E-state index contributed by atoms with van der Waals surface area (Å²) in [5.41, 5.74) is 3.70. The van der Waals surface area contributed by atoms with Gasteiger partial charge in [0.1, 0.15) is 5.52 Å². The van der Waals surface area contributed by atoms with E-state index >= 15 is 0 Å². The molecule has 0 unspecified atom stereocenters. The zero-order valence-corrected chi connectivity index (χ0v) is 19.2. The molecule has 0 radical (unpaired) electrons. The summed E-state index contributed by atoms with van der Waals surface area (Å²) >= 11 is 0. The molecule has 0 aliphatic carbocycles. The number of benzene rings is 1. The molecule has 2 aromatic heterocycles. The highest BCUT2D eigenvalue weighted by Gasteiger charge is 2.38. The molecule has 2 aliphatic rings. The molecule has 0 saturated carbocycles. The maximum atomic E-state index is 11.2. The fraction of sp³-hybridized carbons (Fsp3) is 0.462. The van der Waals surface area contributed by atoms with Crippen molar-refractivity contribution in [1.29, 1.82) is 0 Å². The molecule has 7 heteroatoms. The lowest BCUT2D eigenvalue weighted by Crippen LogP contribution is -2.53. The Kier molecular flexibility index (Phi) is 5.95. The van der Waals surface area contributed by atoms with Crippen molar-refractivity contribution < 1.29 is 10.2 Å². The number of piperidine rings is 1. The van der Waals surface area contributed by atoms with Gasteiger partial charge in [-0.1, -0.05) is 18.2 Å². The minimum Gasteiger partial charge on any atom is -0.388 e. The van der Waals surface area contributed by atoms with Crippen LogP contribution >= 0.6 is 0 Å². The summed E-state index contributed by atoms with van der Waals surface area (Å²) in [7, 11) is 0. The number of aryl methyl sites for hydroxylation is 1. The molecule has 1 aromatic carbocycles. The van der Waals surface area contributed by atoms with Crippen LogP contribution in [0, 0.1) is 6.92 Å². The van der Waals surface area contributed by atoms with Crippen LogP contribution in [-0.4, -0.2) is 70.7 Å². The summed E-state index contributed by atoms with van der Waals surface area (Å²) in [4.78, 5) is 13.4. The number of para-hydroxylation sites is 1. The number of rotatable bonds is 6. The second kappa shape index (κ2) is 8.89. The molecule has 174 valence electrons. The predicted octanol–water partition coefficient (Wildman–Crippen LogP) is 2.50. The Balaban J connectivity index is 1.15. The summed E-state index contributed by atoms with van der Waals surface area (Å²) in [5, 5.41) is 25.7. The van der Waals surface area contributed by atoms with Crippen LogP contribution in [0.4, 0.5) is 11.4 Å². The Hall–Kier alpha value is -2.74. The number of aromatic nitrogens is 2. The molecule has 5 rings (SSSR count). The Morgan fingerprint density at radius 1 is 0.818 bits per heavy atom. The smallest absolute Gasteiger partial charge is 0.112 e. The van der Waals surface area contributed by atoms with Gasteiger partial charge in [-0.05, 0) is 56.0 Å². The summed E-state index contributed by atoms with van der Waals surface area (Å²) < 4.78 is 0. The van der Waals surface area contributed by atoms with E-state index in [9.17, 15) is 10.2 Å². The lowest BCUT2D eigenvalue weighted by atomic mass is 9.90. The first-order chi connectivity index (χ1) is 15.9. The van der Waals surface area contributed by atoms with Crippen molar-refractivity contribution in [2.45, 2.75) is 37.4 Å². The van der Waals surface area contributed by atoms with Gasteiger partial charge in [-0.25, -0.2) is 0 Å². The average molecular weight is 448 g/mol. The standard InChI is InChI=1S/C26H33N5O2/c1-20-5-2-3-7-22(20)30-14-9-25(32,10-15-30)17-27-18-26(33)11-16-31(19-26)23-8-13-28-21-6-4-12-29-24(21)23/h2-8,12-13,27,32-33H,9-11,14-19H2,1H3/t26-/m0/s1. The zero-order chi connectivity index (χ0) is 22.9. The van der Waals surface area contributed by atoms with E-state index < -0.39 is 11.2 Å². The summed E-state index contributed by atoms with van der Waals surface area (Å²) in [6.07, 6.45) is 5.69. The predicted molar refractivity (Wildman–Crippen MR) is 132 cm³/mol. The van der Waals surface area contributed by atoms with Gasteiger partial charge in [-0.2, -0.15) is 0 Å². The number of aliphatic hydroxyl groups is 2. The summed E-state index contributed by atoms with van der Waals surface area (Å²) in [6.45, 7) is 6.07. The van der Waals surface area contributed by atoms with Gasteiger partial charge in [0.2, 0.25) is 0 Å². The van der Waals surface area contributed by atoms with Crippen LogP contribution in [0.5, 0.6) is 0 Å². The van der Waals surface area contributed by atoms with Crippen molar-refractivity contribution >= 4 is 22.4 Å². The SMILES string of the molecule is Cc1ccccc1N1CCC(O)(CNC[C@@]2(O)CCN(c3ccnc4cccnc34)C2)CC1. The van der Waals surface area contributed by atoms with Gasteiger partial charge in [0.25, 0.3) is 0 Å². The van der Waals surface area contributed by atoms with Gasteiger partial charge in [0.05, 0.1) is 22.4 Å². The number of hydrogen-bond acceptors (Lipinski definition) is 7. The summed E-state index contributed by atoms with van der Waals surface area (Å²) in [5.74, 6) is 0. The molecule has 33 heavy (non-hydrogen) atoms. The third-order valence-electron chi connectivity index (χ3n) is 7.21. The van der Waals surface area contributed by atoms with Crippen LogP contribution in [-0.2, 0) is 0 Å². The largest absolute Gasteiger partial charge is 0.388 e. The molecular weight excluding hydrogens is 414 g/mol. The molecule has 3 aromatic rings. The fourth-order valence-corrected chi connectivity index (χ4v) is 5.21. The van der Waals surface area contributed by atoms with Crippen molar-refractivity contribution in [1.82, 2.24) is 15.3 Å². The van der Waals surface area contributed by atoms with Crippen molar-refractivity contribution in [3.63, 3.8) is 0 Å². The monoisotopic (exact) mass is 447 g/mol. The van der Waals surface area contributed by atoms with Crippen molar-refractivity contribution in [2.75, 3.05) is 49.1 Å². The molecule has 0 spiro atoms. The third kappa shape index (κ3) is 4.67. The lowest BCUT2D eigenvalue weighted by molar-refractivity contribution is 0.00640. The van der Waals surface area contributed by atoms with E-state index in [1.54, 1.807) is 12.4 Å². The van der Waals surface area contributed by atoms with Crippen LogP contribution in [0.25, 0.3) is 11.0 Å². The van der Waals surface area contributed by atoms with E-state index in [1.807, 2.05) is 18.2 Å². The Bertz CT molecular complexity index is 1110. The average Bonchev–Trinajstić information content (AvgIpc) is 3.21. The molecule has 0 bridgehead atoms. The zero-order valence-electron chi connectivity index (χ0n) is 19.2. The number of anilines is 2.